The fourth-order valence-electron chi connectivity index (χ4n) is 4.28. The van der Waals surface area contributed by atoms with Crippen LogP contribution in [-0.2, 0) is 4.74 Å². The SMILES string of the molecule is CCC=CCOCC1CCC(CCC2CCC(C#N)CC2)CC1. The molecule has 2 aliphatic carbocycles. The number of nitriles is 1. The molecule has 0 aromatic rings. The van der Waals surface area contributed by atoms with Crippen LogP contribution in [0.25, 0.3) is 0 Å². The lowest BCUT2D eigenvalue weighted by Gasteiger charge is -2.30. The fraction of sp³-hybridized carbons (Fsp3) is 0.857. The van der Waals surface area contributed by atoms with E-state index in [-0.39, 0.29) is 0 Å². The lowest BCUT2D eigenvalue weighted by molar-refractivity contribution is 0.0935. The van der Waals surface area contributed by atoms with Crippen LogP contribution < -0.4 is 0 Å². The molecule has 2 nitrogen and oxygen atoms in total. The molecule has 0 saturated heterocycles. The molecule has 2 saturated carbocycles. The van der Waals surface area contributed by atoms with Crippen LogP contribution in [0.5, 0.6) is 0 Å². The summed E-state index contributed by atoms with van der Waals surface area (Å²) in [5.74, 6) is 3.02. The molecular weight excluding hydrogens is 282 g/mol. The molecule has 0 unspecified atom stereocenters. The third-order valence-corrected chi connectivity index (χ3v) is 5.95. The Balaban J connectivity index is 1.51. The topological polar surface area (TPSA) is 33.0 Å². The van der Waals surface area contributed by atoms with Gasteiger partial charge in [-0.05, 0) is 62.7 Å². The summed E-state index contributed by atoms with van der Waals surface area (Å²) < 4.78 is 5.77. The van der Waals surface area contributed by atoms with Gasteiger partial charge in [0.05, 0.1) is 12.7 Å². The summed E-state index contributed by atoms with van der Waals surface area (Å²) in [5, 5.41) is 8.98. The predicted octanol–water partition coefficient (Wildman–Crippen LogP) is 5.89. The first-order valence-corrected chi connectivity index (χ1v) is 9.94. The average molecular weight is 318 g/mol. The molecule has 0 amide bonds. The third kappa shape index (κ3) is 7.08. The monoisotopic (exact) mass is 317 g/mol. The molecule has 0 spiro atoms. The second kappa shape index (κ2) is 10.9. The van der Waals surface area contributed by atoms with E-state index < -0.39 is 0 Å². The first-order valence-electron chi connectivity index (χ1n) is 9.94. The molecule has 23 heavy (non-hydrogen) atoms. The molecule has 130 valence electrons. The van der Waals surface area contributed by atoms with Crippen molar-refractivity contribution < 1.29 is 4.74 Å². The van der Waals surface area contributed by atoms with Gasteiger partial charge in [0.1, 0.15) is 0 Å². The smallest absolute Gasteiger partial charge is 0.0655 e. The van der Waals surface area contributed by atoms with Gasteiger partial charge in [0.15, 0.2) is 0 Å². The van der Waals surface area contributed by atoms with Crippen LogP contribution in [0.15, 0.2) is 12.2 Å². The Hall–Kier alpha value is -0.810. The van der Waals surface area contributed by atoms with E-state index in [0.29, 0.717) is 5.92 Å². The molecule has 2 fully saturated rings. The van der Waals surface area contributed by atoms with E-state index in [1.165, 1.54) is 51.4 Å². The zero-order valence-corrected chi connectivity index (χ0v) is 15.0. The third-order valence-electron chi connectivity index (χ3n) is 5.95. The average Bonchev–Trinajstić information content (AvgIpc) is 2.61. The molecule has 2 rings (SSSR count). The van der Waals surface area contributed by atoms with Crippen molar-refractivity contribution in [2.75, 3.05) is 13.2 Å². The molecule has 0 aromatic heterocycles. The van der Waals surface area contributed by atoms with Gasteiger partial charge < -0.3 is 4.74 Å². The van der Waals surface area contributed by atoms with Gasteiger partial charge >= 0.3 is 0 Å². The number of rotatable bonds is 8. The molecule has 2 heteroatoms. The van der Waals surface area contributed by atoms with Gasteiger partial charge in [-0.1, -0.05) is 44.8 Å². The van der Waals surface area contributed by atoms with E-state index >= 15 is 0 Å². The van der Waals surface area contributed by atoms with Crippen LogP contribution in [0.2, 0.25) is 0 Å². The second-order valence-electron chi connectivity index (χ2n) is 7.73. The summed E-state index contributed by atoms with van der Waals surface area (Å²) in [6.45, 7) is 3.91. The van der Waals surface area contributed by atoms with Crippen molar-refractivity contribution >= 4 is 0 Å². The Morgan fingerprint density at radius 1 is 0.870 bits per heavy atom. The normalized spacial score (nSPS) is 32.0. The predicted molar refractivity (Wildman–Crippen MR) is 96.0 cm³/mol. The van der Waals surface area contributed by atoms with Crippen LogP contribution in [0.4, 0.5) is 0 Å². The van der Waals surface area contributed by atoms with Gasteiger partial charge in [-0.3, -0.25) is 0 Å². The number of ether oxygens (including phenoxy) is 1. The standard InChI is InChI=1S/C21H35NO/c1-2-3-4-15-23-17-21-13-9-19(10-14-21)6-5-18-7-11-20(16-22)12-8-18/h3-4,18-21H,2,5-15,17H2,1H3. The first-order chi connectivity index (χ1) is 11.3. The fourth-order valence-corrected chi connectivity index (χ4v) is 4.28. The second-order valence-corrected chi connectivity index (χ2v) is 7.73. The quantitative estimate of drug-likeness (QED) is 0.413. The number of hydrogen-bond acceptors (Lipinski definition) is 2. The maximum Gasteiger partial charge on any atom is 0.0655 e. The molecule has 0 aromatic carbocycles. The highest BCUT2D eigenvalue weighted by Crippen LogP contribution is 2.36. The minimum absolute atomic E-state index is 0.355. The van der Waals surface area contributed by atoms with Crippen LogP contribution in [0.3, 0.4) is 0 Å². The molecular formula is C21H35NO. The number of nitrogens with zero attached hydrogens (tertiary/aromatic N) is 1. The van der Waals surface area contributed by atoms with Crippen molar-refractivity contribution in [2.24, 2.45) is 23.7 Å². The molecule has 0 heterocycles. The largest absolute Gasteiger partial charge is 0.377 e. The van der Waals surface area contributed by atoms with E-state index in [2.05, 4.69) is 25.1 Å². The number of allylic oxidation sites excluding steroid dienone is 1. The van der Waals surface area contributed by atoms with Crippen LogP contribution in [0, 0.1) is 35.0 Å². The lowest BCUT2D eigenvalue weighted by atomic mass is 9.76. The van der Waals surface area contributed by atoms with Crippen molar-refractivity contribution in [3.8, 4) is 6.07 Å². The Labute approximate surface area is 143 Å². The summed E-state index contributed by atoms with van der Waals surface area (Å²) >= 11 is 0. The van der Waals surface area contributed by atoms with Gasteiger partial charge in [0, 0.05) is 12.5 Å². The van der Waals surface area contributed by atoms with Crippen LogP contribution in [0.1, 0.15) is 77.6 Å². The minimum atomic E-state index is 0.355. The van der Waals surface area contributed by atoms with Crippen molar-refractivity contribution in [2.45, 2.75) is 77.6 Å². The van der Waals surface area contributed by atoms with Gasteiger partial charge in [0.2, 0.25) is 0 Å². The summed E-state index contributed by atoms with van der Waals surface area (Å²) in [5.41, 5.74) is 0. The van der Waals surface area contributed by atoms with Crippen molar-refractivity contribution in [1.29, 1.82) is 5.26 Å². The van der Waals surface area contributed by atoms with E-state index in [1.807, 2.05) is 0 Å². The van der Waals surface area contributed by atoms with Crippen molar-refractivity contribution in [3.63, 3.8) is 0 Å². The van der Waals surface area contributed by atoms with E-state index in [4.69, 9.17) is 10.00 Å². The zero-order chi connectivity index (χ0) is 16.3. The Bertz CT molecular complexity index is 368. The Morgan fingerprint density at radius 2 is 1.43 bits per heavy atom. The van der Waals surface area contributed by atoms with Gasteiger partial charge in [-0.25, -0.2) is 0 Å². The van der Waals surface area contributed by atoms with E-state index in [1.54, 1.807) is 0 Å². The lowest BCUT2D eigenvalue weighted by Crippen LogP contribution is -2.20. The molecule has 0 aliphatic heterocycles. The first kappa shape index (κ1) is 18.5. The molecule has 0 radical (unpaired) electrons. The van der Waals surface area contributed by atoms with Crippen molar-refractivity contribution in [1.82, 2.24) is 0 Å². The van der Waals surface area contributed by atoms with Crippen LogP contribution >= 0.6 is 0 Å². The van der Waals surface area contributed by atoms with Gasteiger partial charge in [-0.15, -0.1) is 0 Å². The highest BCUT2D eigenvalue weighted by Gasteiger charge is 2.24. The maximum absolute atomic E-state index is 8.98. The Morgan fingerprint density at radius 3 is 2.00 bits per heavy atom. The molecule has 0 bridgehead atoms. The highest BCUT2D eigenvalue weighted by atomic mass is 16.5. The van der Waals surface area contributed by atoms with E-state index in [0.717, 1.165) is 50.2 Å². The molecule has 2 aliphatic rings. The van der Waals surface area contributed by atoms with Crippen LogP contribution in [-0.4, -0.2) is 13.2 Å². The van der Waals surface area contributed by atoms with Gasteiger partial charge in [-0.2, -0.15) is 5.26 Å². The highest BCUT2D eigenvalue weighted by molar-refractivity contribution is 4.87. The molecule has 0 atom stereocenters. The van der Waals surface area contributed by atoms with E-state index in [9.17, 15) is 0 Å². The zero-order valence-electron chi connectivity index (χ0n) is 15.0. The Kier molecular flexibility index (Phi) is 8.76. The number of hydrogen-bond donors (Lipinski definition) is 0. The maximum atomic E-state index is 8.98. The summed E-state index contributed by atoms with van der Waals surface area (Å²) in [6.07, 6.45) is 18.7. The molecule has 0 N–H and O–H groups in total. The van der Waals surface area contributed by atoms with Gasteiger partial charge in [0.25, 0.3) is 0 Å². The summed E-state index contributed by atoms with van der Waals surface area (Å²) in [4.78, 5) is 0. The minimum Gasteiger partial charge on any atom is -0.377 e. The summed E-state index contributed by atoms with van der Waals surface area (Å²) in [6, 6.07) is 2.45. The summed E-state index contributed by atoms with van der Waals surface area (Å²) in [7, 11) is 0. The van der Waals surface area contributed by atoms with Crippen molar-refractivity contribution in [3.05, 3.63) is 12.2 Å².